The molecule has 0 aromatic carbocycles. The van der Waals surface area contributed by atoms with Gasteiger partial charge in [0, 0.05) is 6.42 Å². The van der Waals surface area contributed by atoms with Gasteiger partial charge in [0.05, 0.1) is 6.10 Å². The standard InChI is InChI=1S/C20H30O2/c1-12(2)14-6-7-19(4)8-9-20(5)11-16(22)13(3)10-15(21)18(20)17(14)19/h10,14-15,17-18,21H,1,6-9,11H2,2-5H3/t14?,15-,17+,18+,19+,20-/m0/s1. The highest BCUT2D eigenvalue weighted by Gasteiger charge is 2.59. The minimum Gasteiger partial charge on any atom is -0.389 e. The lowest BCUT2D eigenvalue weighted by Gasteiger charge is -2.54. The second kappa shape index (κ2) is 5.06. The fraction of sp³-hybridized carbons (Fsp3) is 0.750. The summed E-state index contributed by atoms with van der Waals surface area (Å²) in [6.07, 6.45) is 6.56. The van der Waals surface area contributed by atoms with Crippen molar-refractivity contribution in [2.75, 3.05) is 0 Å². The van der Waals surface area contributed by atoms with Crippen LogP contribution in [0.5, 0.6) is 0 Å². The highest BCUT2D eigenvalue weighted by atomic mass is 16.3. The molecule has 3 aliphatic rings. The summed E-state index contributed by atoms with van der Waals surface area (Å²) in [5.74, 6) is 1.34. The van der Waals surface area contributed by atoms with Gasteiger partial charge in [0.2, 0.25) is 0 Å². The molecule has 3 aliphatic carbocycles. The molecule has 1 unspecified atom stereocenters. The van der Waals surface area contributed by atoms with Crippen molar-refractivity contribution in [1.82, 2.24) is 0 Å². The number of carbonyl (C=O) groups excluding carboxylic acids is 1. The largest absolute Gasteiger partial charge is 0.389 e. The van der Waals surface area contributed by atoms with Crippen molar-refractivity contribution in [3.05, 3.63) is 23.8 Å². The molecule has 2 heteroatoms. The lowest BCUT2D eigenvalue weighted by molar-refractivity contribution is -0.124. The molecule has 6 atom stereocenters. The van der Waals surface area contributed by atoms with Crippen molar-refractivity contribution in [2.24, 2.45) is 28.6 Å². The molecular weight excluding hydrogens is 272 g/mol. The molecule has 0 radical (unpaired) electrons. The Kier molecular flexibility index (Phi) is 3.67. The van der Waals surface area contributed by atoms with Crippen LogP contribution in [0.25, 0.3) is 0 Å². The third-order valence-electron chi connectivity index (χ3n) is 7.15. The van der Waals surface area contributed by atoms with Gasteiger partial charge < -0.3 is 5.11 Å². The quantitative estimate of drug-likeness (QED) is 0.734. The molecule has 0 heterocycles. The molecule has 0 amide bonds. The number of hydrogen-bond acceptors (Lipinski definition) is 2. The van der Waals surface area contributed by atoms with Crippen LogP contribution in [0.2, 0.25) is 0 Å². The Labute approximate surface area is 134 Å². The Hall–Kier alpha value is -0.890. The number of fused-ring (bicyclic) bond motifs is 3. The lowest BCUT2D eigenvalue weighted by Crippen LogP contribution is -2.51. The van der Waals surface area contributed by atoms with Gasteiger partial charge in [-0.2, -0.15) is 0 Å². The van der Waals surface area contributed by atoms with Gasteiger partial charge in [-0.15, -0.1) is 0 Å². The Morgan fingerprint density at radius 3 is 2.50 bits per heavy atom. The van der Waals surface area contributed by atoms with Gasteiger partial charge in [0.15, 0.2) is 5.78 Å². The van der Waals surface area contributed by atoms with Crippen LogP contribution >= 0.6 is 0 Å². The van der Waals surface area contributed by atoms with Gasteiger partial charge in [-0.1, -0.05) is 26.0 Å². The van der Waals surface area contributed by atoms with Crippen LogP contribution in [0, 0.1) is 28.6 Å². The van der Waals surface area contributed by atoms with Crippen LogP contribution in [0.3, 0.4) is 0 Å². The van der Waals surface area contributed by atoms with E-state index in [1.807, 2.05) is 13.0 Å². The molecule has 122 valence electrons. The average Bonchev–Trinajstić information content (AvgIpc) is 2.72. The number of hydrogen-bond donors (Lipinski definition) is 1. The maximum absolute atomic E-state index is 12.4. The number of rotatable bonds is 1. The van der Waals surface area contributed by atoms with E-state index in [0.717, 1.165) is 12.0 Å². The van der Waals surface area contributed by atoms with Crippen LogP contribution in [-0.4, -0.2) is 17.0 Å². The number of aliphatic hydroxyl groups is 1. The Morgan fingerprint density at radius 1 is 1.23 bits per heavy atom. The van der Waals surface area contributed by atoms with Gasteiger partial charge in [0.1, 0.15) is 0 Å². The third-order valence-corrected chi connectivity index (χ3v) is 7.15. The van der Waals surface area contributed by atoms with Crippen molar-refractivity contribution in [3.63, 3.8) is 0 Å². The first-order chi connectivity index (χ1) is 10.2. The van der Waals surface area contributed by atoms with Crippen molar-refractivity contribution in [1.29, 1.82) is 0 Å². The highest BCUT2D eigenvalue weighted by Crippen LogP contribution is 2.65. The molecule has 0 aromatic rings. The third kappa shape index (κ3) is 2.22. The fourth-order valence-electron chi connectivity index (χ4n) is 5.81. The molecule has 2 fully saturated rings. The number of allylic oxidation sites excluding steroid dienone is 2. The second-order valence-electron chi connectivity index (χ2n) is 8.79. The van der Waals surface area contributed by atoms with E-state index in [0.29, 0.717) is 23.7 Å². The predicted molar refractivity (Wildman–Crippen MR) is 89.4 cm³/mol. The second-order valence-corrected chi connectivity index (χ2v) is 8.79. The van der Waals surface area contributed by atoms with Crippen molar-refractivity contribution < 1.29 is 9.90 Å². The van der Waals surface area contributed by atoms with Crippen LogP contribution in [-0.2, 0) is 4.79 Å². The van der Waals surface area contributed by atoms with E-state index in [4.69, 9.17) is 0 Å². The normalized spacial score (nSPS) is 48.2. The fourth-order valence-corrected chi connectivity index (χ4v) is 5.81. The summed E-state index contributed by atoms with van der Waals surface area (Å²) in [6.45, 7) is 12.9. The van der Waals surface area contributed by atoms with Gasteiger partial charge in [0.25, 0.3) is 0 Å². The summed E-state index contributed by atoms with van der Waals surface area (Å²) in [5.41, 5.74) is 2.22. The monoisotopic (exact) mass is 302 g/mol. The number of ketones is 1. The Bertz CT molecular complexity index is 546. The van der Waals surface area contributed by atoms with Crippen LogP contribution in [0.4, 0.5) is 0 Å². The number of Topliss-reactive ketones (excluding diaryl/α,β-unsaturated/α-hetero) is 1. The summed E-state index contributed by atoms with van der Waals surface area (Å²) < 4.78 is 0. The smallest absolute Gasteiger partial charge is 0.158 e. The molecule has 22 heavy (non-hydrogen) atoms. The maximum Gasteiger partial charge on any atom is 0.158 e. The molecule has 0 saturated heterocycles. The number of carbonyl (C=O) groups is 1. The van der Waals surface area contributed by atoms with Crippen molar-refractivity contribution in [3.8, 4) is 0 Å². The van der Waals surface area contributed by atoms with Gasteiger partial charge in [-0.05, 0) is 79.8 Å². The Balaban J connectivity index is 2.08. The van der Waals surface area contributed by atoms with E-state index in [2.05, 4.69) is 27.4 Å². The Morgan fingerprint density at radius 2 is 1.86 bits per heavy atom. The summed E-state index contributed by atoms with van der Waals surface area (Å²) in [5, 5.41) is 10.9. The van der Waals surface area contributed by atoms with E-state index in [1.165, 1.54) is 24.8 Å². The van der Waals surface area contributed by atoms with Crippen LogP contribution < -0.4 is 0 Å². The summed E-state index contributed by atoms with van der Waals surface area (Å²) in [7, 11) is 0. The van der Waals surface area contributed by atoms with Gasteiger partial charge in [-0.3, -0.25) is 4.79 Å². The molecule has 2 saturated carbocycles. The van der Waals surface area contributed by atoms with E-state index >= 15 is 0 Å². The van der Waals surface area contributed by atoms with Gasteiger partial charge >= 0.3 is 0 Å². The number of aliphatic hydroxyl groups excluding tert-OH is 1. The van der Waals surface area contributed by atoms with Crippen molar-refractivity contribution >= 4 is 5.78 Å². The van der Waals surface area contributed by atoms with Crippen molar-refractivity contribution in [2.45, 2.75) is 65.9 Å². The topological polar surface area (TPSA) is 37.3 Å². The molecule has 0 aromatic heterocycles. The molecule has 0 spiro atoms. The van der Waals surface area contributed by atoms with Crippen LogP contribution in [0.15, 0.2) is 23.8 Å². The predicted octanol–water partition coefficient (Wildman–Crippen LogP) is 4.29. The van der Waals surface area contributed by atoms with E-state index in [-0.39, 0.29) is 17.1 Å². The minimum atomic E-state index is -0.499. The molecule has 1 N–H and O–H groups in total. The van der Waals surface area contributed by atoms with Crippen LogP contribution in [0.1, 0.15) is 59.8 Å². The lowest BCUT2D eigenvalue weighted by atomic mass is 9.50. The minimum absolute atomic E-state index is 0.0764. The molecule has 3 rings (SSSR count). The molecule has 2 nitrogen and oxygen atoms in total. The zero-order valence-corrected chi connectivity index (χ0v) is 14.5. The summed E-state index contributed by atoms with van der Waals surface area (Å²) in [4.78, 5) is 12.4. The summed E-state index contributed by atoms with van der Waals surface area (Å²) >= 11 is 0. The molecular formula is C20H30O2. The maximum atomic E-state index is 12.4. The van der Waals surface area contributed by atoms with E-state index in [1.54, 1.807) is 0 Å². The first-order valence-electron chi connectivity index (χ1n) is 8.73. The molecule has 0 bridgehead atoms. The molecule has 0 aliphatic heterocycles. The summed E-state index contributed by atoms with van der Waals surface area (Å²) in [6, 6.07) is 0. The first-order valence-corrected chi connectivity index (χ1v) is 8.73. The highest BCUT2D eigenvalue weighted by molar-refractivity contribution is 5.95. The SMILES string of the molecule is C=C(C)C1CC[C@]2(C)CC[C@@]3(C)CC(=O)C(C)=C[C@H](O)[C@@H]3[C@@H]12. The average molecular weight is 302 g/mol. The van der Waals surface area contributed by atoms with E-state index < -0.39 is 6.10 Å². The zero-order chi connectivity index (χ0) is 16.3. The van der Waals surface area contributed by atoms with E-state index in [9.17, 15) is 9.90 Å². The first kappa shape index (κ1) is 16.0. The van der Waals surface area contributed by atoms with Gasteiger partial charge in [-0.25, -0.2) is 0 Å². The zero-order valence-electron chi connectivity index (χ0n) is 14.5.